The molecule has 3 rings (SSSR count). The van der Waals surface area contributed by atoms with Gasteiger partial charge in [-0.15, -0.1) is 0 Å². The van der Waals surface area contributed by atoms with Gasteiger partial charge < -0.3 is 10.1 Å². The quantitative estimate of drug-likeness (QED) is 0.673. The summed E-state index contributed by atoms with van der Waals surface area (Å²) in [5.41, 5.74) is 1.21. The van der Waals surface area contributed by atoms with Gasteiger partial charge in [0.2, 0.25) is 0 Å². The molecular formula is C20H19Cl2N3O3. The van der Waals surface area contributed by atoms with Gasteiger partial charge in [0, 0.05) is 17.1 Å². The number of nitrogens with zero attached hydrogens (tertiary/aromatic N) is 2. The Labute approximate surface area is 172 Å². The summed E-state index contributed by atoms with van der Waals surface area (Å²) in [6.07, 6.45) is -0.862. The lowest BCUT2D eigenvalue weighted by atomic mass is 10.3. The highest BCUT2D eigenvalue weighted by atomic mass is 35.5. The third-order valence-corrected chi connectivity index (χ3v) is 4.76. The van der Waals surface area contributed by atoms with Crippen LogP contribution in [0, 0.1) is 6.92 Å². The Morgan fingerprint density at radius 1 is 1.11 bits per heavy atom. The molecule has 1 atom stereocenters. The molecular weight excluding hydrogens is 401 g/mol. The Morgan fingerprint density at radius 3 is 2.32 bits per heavy atom. The molecule has 0 spiro atoms. The van der Waals surface area contributed by atoms with Crippen molar-refractivity contribution in [1.82, 2.24) is 9.36 Å². The van der Waals surface area contributed by atoms with Crippen LogP contribution in [-0.4, -0.2) is 21.4 Å². The maximum atomic E-state index is 12.9. The average molecular weight is 420 g/mol. The summed E-state index contributed by atoms with van der Waals surface area (Å²) in [7, 11) is 1.76. The van der Waals surface area contributed by atoms with Gasteiger partial charge in [0.1, 0.15) is 11.4 Å². The molecule has 2 aromatic carbocycles. The van der Waals surface area contributed by atoms with E-state index in [1.54, 1.807) is 43.8 Å². The van der Waals surface area contributed by atoms with Crippen LogP contribution in [0.1, 0.15) is 12.6 Å². The zero-order valence-electron chi connectivity index (χ0n) is 15.6. The zero-order valence-corrected chi connectivity index (χ0v) is 17.1. The molecule has 0 bridgehead atoms. The van der Waals surface area contributed by atoms with Gasteiger partial charge in [-0.25, -0.2) is 4.68 Å². The maximum Gasteiger partial charge on any atom is 0.295 e. The number of para-hydroxylation sites is 1. The Kier molecular flexibility index (Phi) is 5.82. The highest BCUT2D eigenvalue weighted by Crippen LogP contribution is 2.25. The van der Waals surface area contributed by atoms with E-state index >= 15 is 0 Å². The highest BCUT2D eigenvalue weighted by molar-refractivity contribution is 6.34. The molecule has 0 aliphatic rings. The van der Waals surface area contributed by atoms with E-state index in [0.717, 1.165) is 0 Å². The van der Waals surface area contributed by atoms with E-state index in [0.29, 0.717) is 27.2 Å². The predicted molar refractivity (Wildman–Crippen MR) is 111 cm³/mol. The summed E-state index contributed by atoms with van der Waals surface area (Å²) in [4.78, 5) is 25.5. The van der Waals surface area contributed by atoms with Crippen molar-refractivity contribution in [3.63, 3.8) is 0 Å². The van der Waals surface area contributed by atoms with E-state index in [9.17, 15) is 9.59 Å². The van der Waals surface area contributed by atoms with Crippen molar-refractivity contribution in [2.45, 2.75) is 20.0 Å². The molecule has 28 heavy (non-hydrogen) atoms. The minimum absolute atomic E-state index is 0.205. The van der Waals surface area contributed by atoms with E-state index in [1.165, 1.54) is 4.68 Å². The monoisotopic (exact) mass is 419 g/mol. The number of hydrogen-bond acceptors (Lipinski definition) is 3. The first-order valence-electron chi connectivity index (χ1n) is 8.55. The van der Waals surface area contributed by atoms with Gasteiger partial charge in [-0.05, 0) is 44.2 Å². The topological polar surface area (TPSA) is 65.3 Å². The van der Waals surface area contributed by atoms with Crippen molar-refractivity contribution in [3.8, 4) is 11.4 Å². The zero-order chi connectivity index (χ0) is 20.4. The van der Waals surface area contributed by atoms with Crippen molar-refractivity contribution in [2.75, 3.05) is 5.32 Å². The van der Waals surface area contributed by atoms with Crippen molar-refractivity contribution in [2.24, 2.45) is 7.05 Å². The van der Waals surface area contributed by atoms with Gasteiger partial charge in [-0.3, -0.25) is 14.3 Å². The SMILES string of the molecule is Cc1c(NC(=O)C(C)Oc2cc(Cl)cc(Cl)c2)c(=O)n(-c2ccccc2)n1C. The average Bonchev–Trinajstić information content (AvgIpc) is 2.85. The molecule has 0 saturated carbocycles. The number of carbonyl (C=O) groups excluding carboxylic acids is 1. The number of rotatable bonds is 5. The van der Waals surface area contributed by atoms with Crippen LogP contribution in [0.3, 0.4) is 0 Å². The van der Waals surface area contributed by atoms with Crippen LogP contribution in [0.5, 0.6) is 5.75 Å². The molecule has 1 unspecified atom stereocenters. The number of benzene rings is 2. The molecule has 3 aromatic rings. The number of hydrogen-bond donors (Lipinski definition) is 1. The number of ether oxygens (including phenoxy) is 1. The maximum absolute atomic E-state index is 12.9. The lowest BCUT2D eigenvalue weighted by Crippen LogP contribution is -2.32. The van der Waals surface area contributed by atoms with Crippen molar-refractivity contribution < 1.29 is 9.53 Å². The molecule has 0 saturated heterocycles. The second kappa shape index (κ2) is 8.12. The lowest BCUT2D eigenvalue weighted by Gasteiger charge is -2.14. The number of nitrogens with one attached hydrogen (secondary N) is 1. The second-order valence-electron chi connectivity index (χ2n) is 6.29. The van der Waals surface area contributed by atoms with Gasteiger partial charge in [0.15, 0.2) is 6.10 Å². The molecule has 0 radical (unpaired) electrons. The third kappa shape index (κ3) is 4.08. The number of carbonyl (C=O) groups is 1. The van der Waals surface area contributed by atoms with Crippen molar-refractivity contribution in [1.29, 1.82) is 0 Å². The number of halogens is 2. The van der Waals surface area contributed by atoms with Gasteiger partial charge in [-0.1, -0.05) is 41.4 Å². The Bertz CT molecular complexity index is 1050. The molecule has 6 nitrogen and oxygen atoms in total. The standard InChI is InChI=1S/C20H19Cl2N3O3/c1-12-18(20(27)25(24(12)3)16-7-5-4-6-8-16)23-19(26)13(2)28-17-10-14(21)9-15(22)11-17/h4-11,13H,1-3H3,(H,23,26). The lowest BCUT2D eigenvalue weighted by molar-refractivity contribution is -0.122. The Balaban J connectivity index is 1.83. The molecule has 0 fully saturated rings. The predicted octanol–water partition coefficient (Wildman–Crippen LogP) is 4.20. The first kappa shape index (κ1) is 20.0. The summed E-state index contributed by atoms with van der Waals surface area (Å²) in [6.45, 7) is 3.34. The van der Waals surface area contributed by atoms with E-state index in [-0.39, 0.29) is 11.2 Å². The summed E-state index contributed by atoms with van der Waals surface area (Å²) < 4.78 is 8.80. The van der Waals surface area contributed by atoms with Crippen LogP contribution in [0.4, 0.5) is 5.69 Å². The van der Waals surface area contributed by atoms with Gasteiger partial charge in [0.05, 0.1) is 11.4 Å². The first-order chi connectivity index (χ1) is 13.3. The third-order valence-electron chi connectivity index (χ3n) is 4.32. The Morgan fingerprint density at radius 2 is 1.71 bits per heavy atom. The van der Waals surface area contributed by atoms with Gasteiger partial charge in [0.25, 0.3) is 11.5 Å². The normalized spacial score (nSPS) is 11.9. The van der Waals surface area contributed by atoms with Crippen LogP contribution in [0.25, 0.3) is 5.69 Å². The van der Waals surface area contributed by atoms with Crippen LogP contribution in [0.15, 0.2) is 53.3 Å². The number of aromatic nitrogens is 2. The van der Waals surface area contributed by atoms with Gasteiger partial charge in [-0.2, -0.15) is 0 Å². The fourth-order valence-electron chi connectivity index (χ4n) is 2.79. The van der Waals surface area contributed by atoms with Crippen LogP contribution < -0.4 is 15.6 Å². The summed E-state index contributed by atoms with van der Waals surface area (Å²) >= 11 is 11.9. The van der Waals surface area contributed by atoms with Crippen LogP contribution >= 0.6 is 23.2 Å². The second-order valence-corrected chi connectivity index (χ2v) is 7.16. The van der Waals surface area contributed by atoms with E-state index < -0.39 is 12.0 Å². The Hall–Kier alpha value is -2.70. The van der Waals surface area contributed by atoms with E-state index in [4.69, 9.17) is 27.9 Å². The molecule has 1 amide bonds. The number of amides is 1. The van der Waals surface area contributed by atoms with E-state index in [2.05, 4.69) is 5.32 Å². The molecule has 8 heteroatoms. The van der Waals surface area contributed by atoms with Crippen LogP contribution in [0.2, 0.25) is 10.0 Å². The van der Waals surface area contributed by atoms with Crippen molar-refractivity contribution in [3.05, 3.63) is 74.6 Å². The van der Waals surface area contributed by atoms with Gasteiger partial charge >= 0.3 is 0 Å². The molecule has 0 aliphatic carbocycles. The molecule has 146 valence electrons. The minimum Gasteiger partial charge on any atom is -0.481 e. The largest absolute Gasteiger partial charge is 0.481 e. The fraction of sp³-hybridized carbons (Fsp3) is 0.200. The smallest absolute Gasteiger partial charge is 0.295 e. The minimum atomic E-state index is -0.862. The molecule has 1 aromatic heterocycles. The van der Waals surface area contributed by atoms with E-state index in [1.807, 2.05) is 30.3 Å². The molecule has 1 N–H and O–H groups in total. The molecule has 1 heterocycles. The molecule has 0 aliphatic heterocycles. The summed E-state index contributed by atoms with van der Waals surface area (Å²) in [5, 5.41) is 3.48. The summed E-state index contributed by atoms with van der Waals surface area (Å²) in [6, 6.07) is 13.9. The fourth-order valence-corrected chi connectivity index (χ4v) is 3.30. The highest BCUT2D eigenvalue weighted by Gasteiger charge is 2.22. The van der Waals surface area contributed by atoms with Crippen LogP contribution in [-0.2, 0) is 11.8 Å². The summed E-state index contributed by atoms with van der Waals surface area (Å²) in [5.74, 6) is -0.0891. The number of anilines is 1. The van der Waals surface area contributed by atoms with Crippen molar-refractivity contribution >= 4 is 34.8 Å². The first-order valence-corrected chi connectivity index (χ1v) is 9.31.